The highest BCUT2D eigenvalue weighted by Crippen LogP contribution is 2.16. The fourth-order valence-electron chi connectivity index (χ4n) is 2.59. The number of amides is 2. The van der Waals surface area contributed by atoms with E-state index < -0.39 is 17.9 Å². The van der Waals surface area contributed by atoms with Crippen molar-refractivity contribution in [3.05, 3.63) is 42.1 Å². The van der Waals surface area contributed by atoms with Crippen LogP contribution in [0.25, 0.3) is 11.3 Å². The van der Waals surface area contributed by atoms with E-state index >= 15 is 0 Å². The summed E-state index contributed by atoms with van der Waals surface area (Å²) in [6.07, 6.45) is 1.30. The molecule has 8 nitrogen and oxygen atoms in total. The number of H-pyrrole nitrogens is 1. The number of hydrazine groups is 1. The van der Waals surface area contributed by atoms with Gasteiger partial charge in [0, 0.05) is 12.2 Å². The fraction of sp³-hybridized carbons (Fsp3) is 0.389. The maximum atomic E-state index is 12.1. The van der Waals surface area contributed by atoms with Crippen LogP contribution >= 0.6 is 0 Å². The first-order chi connectivity index (χ1) is 12.6. The predicted molar refractivity (Wildman–Crippen MR) is 94.0 cm³/mol. The molecule has 0 bridgehead atoms. The number of carbonyl (C=O) groups excluding carboxylic acids is 2. The van der Waals surface area contributed by atoms with E-state index in [2.05, 4.69) is 21.0 Å². The van der Waals surface area contributed by atoms with Gasteiger partial charge in [0.2, 0.25) is 0 Å². The minimum Gasteiger partial charge on any atom is -0.376 e. The summed E-state index contributed by atoms with van der Waals surface area (Å²) in [5.41, 5.74) is 6.49. The third kappa shape index (κ3) is 4.68. The fourth-order valence-corrected chi connectivity index (χ4v) is 2.59. The number of nitrogens with one attached hydrogen (secondary N) is 3. The quantitative estimate of drug-likeness (QED) is 0.678. The number of nitrogens with zero attached hydrogens (tertiary/aromatic N) is 1. The van der Waals surface area contributed by atoms with Crippen molar-refractivity contribution in [1.29, 1.82) is 0 Å². The first-order valence-electron chi connectivity index (χ1n) is 8.57. The highest BCUT2D eigenvalue weighted by atomic mass is 16.5. The molecule has 2 atom stereocenters. The zero-order valence-corrected chi connectivity index (χ0v) is 14.5. The number of aromatic nitrogens is 2. The number of rotatable bonds is 6. The SMILES string of the molecule is CC(OCC1CCCO1)C(=O)NNC(=O)c1cc(-c2ccccc2)n[nH]1. The maximum absolute atomic E-state index is 12.1. The van der Waals surface area contributed by atoms with Crippen molar-refractivity contribution in [3.63, 3.8) is 0 Å². The van der Waals surface area contributed by atoms with Crippen LogP contribution in [0.5, 0.6) is 0 Å². The molecule has 2 unspecified atom stereocenters. The molecule has 138 valence electrons. The summed E-state index contributed by atoms with van der Waals surface area (Å²) in [4.78, 5) is 24.1. The van der Waals surface area contributed by atoms with Gasteiger partial charge in [0.25, 0.3) is 11.8 Å². The van der Waals surface area contributed by atoms with E-state index in [1.807, 2.05) is 30.3 Å². The van der Waals surface area contributed by atoms with Gasteiger partial charge < -0.3 is 9.47 Å². The zero-order valence-electron chi connectivity index (χ0n) is 14.5. The molecular formula is C18H22N4O4. The van der Waals surface area contributed by atoms with Gasteiger partial charge in [-0.1, -0.05) is 30.3 Å². The second-order valence-corrected chi connectivity index (χ2v) is 6.09. The Hall–Kier alpha value is -2.71. The van der Waals surface area contributed by atoms with Gasteiger partial charge in [0.15, 0.2) is 0 Å². The molecule has 0 radical (unpaired) electrons. The van der Waals surface area contributed by atoms with Crippen LogP contribution in [0.3, 0.4) is 0 Å². The van der Waals surface area contributed by atoms with Crippen LogP contribution in [-0.4, -0.2) is 47.4 Å². The predicted octanol–water partition coefficient (Wildman–Crippen LogP) is 1.42. The lowest BCUT2D eigenvalue weighted by Gasteiger charge is -2.16. The van der Waals surface area contributed by atoms with Crippen LogP contribution in [0.4, 0.5) is 0 Å². The average molecular weight is 358 g/mol. The summed E-state index contributed by atoms with van der Waals surface area (Å²) in [5.74, 6) is -0.918. The summed E-state index contributed by atoms with van der Waals surface area (Å²) < 4.78 is 10.9. The normalized spacial score (nSPS) is 17.7. The van der Waals surface area contributed by atoms with E-state index in [0.29, 0.717) is 12.3 Å². The van der Waals surface area contributed by atoms with Crippen molar-refractivity contribution in [3.8, 4) is 11.3 Å². The van der Waals surface area contributed by atoms with Crippen molar-refractivity contribution < 1.29 is 19.1 Å². The molecule has 1 fully saturated rings. The second kappa shape index (κ2) is 8.59. The topological polar surface area (TPSA) is 105 Å². The lowest BCUT2D eigenvalue weighted by Crippen LogP contribution is -2.46. The Bertz CT molecular complexity index is 741. The third-order valence-electron chi connectivity index (χ3n) is 4.12. The van der Waals surface area contributed by atoms with Gasteiger partial charge >= 0.3 is 0 Å². The second-order valence-electron chi connectivity index (χ2n) is 6.09. The number of benzene rings is 1. The summed E-state index contributed by atoms with van der Waals surface area (Å²) >= 11 is 0. The van der Waals surface area contributed by atoms with Crippen molar-refractivity contribution in [2.24, 2.45) is 0 Å². The number of hydrogen-bond donors (Lipinski definition) is 3. The highest BCUT2D eigenvalue weighted by molar-refractivity contribution is 5.95. The molecule has 1 saturated heterocycles. The van der Waals surface area contributed by atoms with Crippen LogP contribution in [0.2, 0.25) is 0 Å². The standard InChI is InChI=1S/C18H22N4O4/c1-12(26-11-14-8-5-9-25-14)17(23)21-22-18(24)16-10-15(19-20-16)13-6-3-2-4-7-13/h2-4,6-7,10,12,14H,5,8-9,11H2,1H3,(H,19,20)(H,21,23)(H,22,24). The van der Waals surface area contributed by atoms with Crippen LogP contribution in [0.15, 0.2) is 36.4 Å². The molecule has 8 heteroatoms. The lowest BCUT2D eigenvalue weighted by atomic mass is 10.1. The van der Waals surface area contributed by atoms with E-state index in [0.717, 1.165) is 25.0 Å². The molecule has 1 aliphatic rings. The van der Waals surface area contributed by atoms with Crippen molar-refractivity contribution in [2.45, 2.75) is 32.0 Å². The van der Waals surface area contributed by atoms with Crippen LogP contribution < -0.4 is 10.9 Å². The molecule has 1 aromatic heterocycles. The molecule has 2 aromatic rings. The molecule has 3 rings (SSSR count). The van der Waals surface area contributed by atoms with Gasteiger partial charge in [0.1, 0.15) is 11.8 Å². The summed E-state index contributed by atoms with van der Waals surface area (Å²) in [6.45, 7) is 2.73. The molecular weight excluding hydrogens is 336 g/mol. The molecule has 26 heavy (non-hydrogen) atoms. The van der Waals surface area contributed by atoms with Crippen LogP contribution in [-0.2, 0) is 14.3 Å². The van der Waals surface area contributed by atoms with E-state index in [4.69, 9.17) is 9.47 Å². The van der Waals surface area contributed by atoms with Gasteiger partial charge in [-0.15, -0.1) is 0 Å². The van der Waals surface area contributed by atoms with Gasteiger partial charge in [-0.3, -0.25) is 25.5 Å². The molecule has 3 N–H and O–H groups in total. The lowest BCUT2D eigenvalue weighted by molar-refractivity contribution is -0.134. The largest absolute Gasteiger partial charge is 0.376 e. The minimum absolute atomic E-state index is 0.0428. The number of carbonyl (C=O) groups is 2. The van der Waals surface area contributed by atoms with Gasteiger partial charge in [0.05, 0.1) is 18.4 Å². The third-order valence-corrected chi connectivity index (χ3v) is 4.12. The average Bonchev–Trinajstić information content (AvgIpc) is 3.36. The summed E-state index contributed by atoms with van der Waals surface area (Å²) in [7, 11) is 0. The van der Waals surface area contributed by atoms with Crippen LogP contribution in [0, 0.1) is 0 Å². The Morgan fingerprint density at radius 2 is 2.15 bits per heavy atom. The molecule has 1 aliphatic heterocycles. The summed E-state index contributed by atoms with van der Waals surface area (Å²) in [5, 5.41) is 6.76. The van der Waals surface area contributed by atoms with Crippen molar-refractivity contribution in [1.82, 2.24) is 21.0 Å². The first kappa shape index (κ1) is 18.1. The molecule has 0 spiro atoms. The van der Waals surface area contributed by atoms with Gasteiger partial charge in [-0.2, -0.15) is 5.10 Å². The monoisotopic (exact) mass is 358 g/mol. The van der Waals surface area contributed by atoms with Crippen LogP contribution in [0.1, 0.15) is 30.3 Å². The van der Waals surface area contributed by atoms with E-state index in [1.165, 1.54) is 0 Å². The van der Waals surface area contributed by atoms with E-state index in [-0.39, 0.29) is 11.8 Å². The minimum atomic E-state index is -0.693. The molecule has 2 heterocycles. The number of aromatic amines is 1. The Kier molecular flexibility index (Phi) is 5.98. The molecule has 1 aromatic carbocycles. The Morgan fingerprint density at radius 1 is 1.35 bits per heavy atom. The van der Waals surface area contributed by atoms with E-state index in [9.17, 15) is 9.59 Å². The first-order valence-corrected chi connectivity index (χ1v) is 8.57. The Balaban J connectivity index is 1.46. The van der Waals surface area contributed by atoms with Crippen molar-refractivity contribution in [2.75, 3.05) is 13.2 Å². The number of ether oxygens (including phenoxy) is 2. The van der Waals surface area contributed by atoms with E-state index in [1.54, 1.807) is 13.0 Å². The number of hydrogen-bond acceptors (Lipinski definition) is 5. The molecule has 0 aliphatic carbocycles. The molecule has 0 saturated carbocycles. The summed E-state index contributed by atoms with van der Waals surface area (Å²) in [6, 6.07) is 11.1. The molecule has 2 amide bonds. The van der Waals surface area contributed by atoms with Gasteiger partial charge in [-0.05, 0) is 25.8 Å². The van der Waals surface area contributed by atoms with Crippen molar-refractivity contribution >= 4 is 11.8 Å². The maximum Gasteiger partial charge on any atom is 0.287 e. The van der Waals surface area contributed by atoms with Gasteiger partial charge in [-0.25, -0.2) is 0 Å². The highest BCUT2D eigenvalue weighted by Gasteiger charge is 2.20. The Labute approximate surface area is 151 Å². The zero-order chi connectivity index (χ0) is 18.4. The Morgan fingerprint density at radius 3 is 2.88 bits per heavy atom. The smallest absolute Gasteiger partial charge is 0.287 e.